The minimum atomic E-state index is -4.11. The SMILES string of the molecule is CC1(O)CCCN(S(=O)(=O)c2cc(Cl)c(Br)c(N)c2F)C1. The summed E-state index contributed by atoms with van der Waals surface area (Å²) in [4.78, 5) is -0.578. The number of sulfonamides is 1. The number of anilines is 1. The van der Waals surface area contributed by atoms with Crippen molar-refractivity contribution >= 4 is 43.2 Å². The highest BCUT2D eigenvalue weighted by Gasteiger charge is 2.37. The van der Waals surface area contributed by atoms with E-state index in [-0.39, 0.29) is 28.3 Å². The van der Waals surface area contributed by atoms with Crippen molar-refractivity contribution in [3.8, 4) is 0 Å². The van der Waals surface area contributed by atoms with E-state index in [0.29, 0.717) is 12.8 Å². The molecule has 1 fully saturated rings. The summed E-state index contributed by atoms with van der Waals surface area (Å²) in [5, 5.41) is 10.0. The number of piperidine rings is 1. The molecule has 9 heteroatoms. The minimum Gasteiger partial charge on any atom is -0.395 e. The van der Waals surface area contributed by atoms with E-state index in [1.54, 1.807) is 6.92 Å². The van der Waals surface area contributed by atoms with Crippen molar-refractivity contribution in [3.63, 3.8) is 0 Å². The number of β-amino-alcohol motifs (C(OH)–C–C–N with tert-alkyl or cyclic N) is 1. The summed E-state index contributed by atoms with van der Waals surface area (Å²) in [5.74, 6) is -1.04. The van der Waals surface area contributed by atoms with Crippen LogP contribution in [0.15, 0.2) is 15.4 Å². The maximum Gasteiger partial charge on any atom is 0.246 e. The summed E-state index contributed by atoms with van der Waals surface area (Å²) in [6, 6.07) is 1.02. The quantitative estimate of drug-likeness (QED) is 0.588. The lowest BCUT2D eigenvalue weighted by Crippen LogP contribution is -2.48. The highest BCUT2D eigenvalue weighted by atomic mass is 79.9. The molecule has 0 aromatic heterocycles. The Morgan fingerprint density at radius 3 is 2.76 bits per heavy atom. The van der Waals surface area contributed by atoms with E-state index < -0.39 is 26.3 Å². The summed E-state index contributed by atoms with van der Waals surface area (Å²) in [7, 11) is -4.11. The van der Waals surface area contributed by atoms with E-state index in [1.165, 1.54) is 0 Å². The molecule has 1 unspecified atom stereocenters. The van der Waals surface area contributed by atoms with Gasteiger partial charge in [0, 0.05) is 13.1 Å². The van der Waals surface area contributed by atoms with E-state index >= 15 is 0 Å². The first kappa shape index (κ1) is 17.0. The van der Waals surface area contributed by atoms with E-state index in [1.807, 2.05) is 0 Å². The summed E-state index contributed by atoms with van der Waals surface area (Å²) < 4.78 is 40.5. The van der Waals surface area contributed by atoms with Crippen LogP contribution in [0.3, 0.4) is 0 Å². The van der Waals surface area contributed by atoms with Crippen molar-refractivity contribution in [3.05, 3.63) is 21.4 Å². The zero-order valence-electron chi connectivity index (χ0n) is 11.2. The maximum absolute atomic E-state index is 14.2. The molecular formula is C12H15BrClFN2O3S. The normalized spacial score (nSPS) is 24.2. The lowest BCUT2D eigenvalue weighted by molar-refractivity contribution is 0.00934. The smallest absolute Gasteiger partial charge is 0.246 e. The van der Waals surface area contributed by atoms with E-state index in [4.69, 9.17) is 17.3 Å². The fourth-order valence-electron chi connectivity index (χ4n) is 2.31. The lowest BCUT2D eigenvalue weighted by Gasteiger charge is -2.36. The fraction of sp³-hybridized carbons (Fsp3) is 0.500. The molecule has 1 saturated heterocycles. The molecule has 0 bridgehead atoms. The first-order valence-electron chi connectivity index (χ1n) is 6.22. The molecule has 0 aliphatic carbocycles. The topological polar surface area (TPSA) is 83.6 Å². The van der Waals surface area contributed by atoms with Crippen LogP contribution in [0.1, 0.15) is 19.8 Å². The van der Waals surface area contributed by atoms with Crippen LogP contribution in [0, 0.1) is 5.82 Å². The monoisotopic (exact) mass is 400 g/mol. The number of aliphatic hydroxyl groups is 1. The van der Waals surface area contributed by atoms with Gasteiger partial charge in [-0.25, -0.2) is 12.8 Å². The first-order chi connectivity index (χ1) is 9.56. The van der Waals surface area contributed by atoms with Gasteiger partial charge in [0.2, 0.25) is 10.0 Å². The zero-order chi connectivity index (χ0) is 16.0. The Hall–Kier alpha value is -0.410. The lowest BCUT2D eigenvalue weighted by atomic mass is 9.97. The van der Waals surface area contributed by atoms with Gasteiger partial charge < -0.3 is 10.8 Å². The molecule has 0 amide bonds. The predicted octanol–water partition coefficient (Wildman–Crippen LogP) is 2.36. The van der Waals surface area contributed by atoms with Crippen molar-refractivity contribution in [1.29, 1.82) is 0 Å². The van der Waals surface area contributed by atoms with Crippen LogP contribution in [-0.2, 0) is 10.0 Å². The molecule has 0 radical (unpaired) electrons. The number of nitrogens with two attached hydrogens (primary N) is 1. The average Bonchev–Trinajstić information content (AvgIpc) is 2.39. The molecule has 1 heterocycles. The Bertz CT molecular complexity index is 682. The molecule has 2 rings (SSSR count). The number of rotatable bonds is 2. The summed E-state index contributed by atoms with van der Waals surface area (Å²) in [5.41, 5.74) is 4.04. The second kappa shape index (κ2) is 5.66. The van der Waals surface area contributed by atoms with Crippen LogP contribution in [0.5, 0.6) is 0 Å². The maximum atomic E-state index is 14.2. The molecule has 1 aliphatic rings. The van der Waals surface area contributed by atoms with Gasteiger partial charge in [-0.05, 0) is 41.8 Å². The fourth-order valence-corrected chi connectivity index (χ4v) is 4.57. The van der Waals surface area contributed by atoms with Crippen LogP contribution < -0.4 is 5.73 Å². The Kier molecular flexibility index (Phi) is 4.57. The zero-order valence-corrected chi connectivity index (χ0v) is 14.4. The van der Waals surface area contributed by atoms with Crippen LogP contribution in [0.2, 0.25) is 5.02 Å². The third kappa shape index (κ3) is 3.19. The Balaban J connectivity index is 2.50. The van der Waals surface area contributed by atoms with Gasteiger partial charge in [0.25, 0.3) is 0 Å². The van der Waals surface area contributed by atoms with Gasteiger partial charge in [-0.15, -0.1) is 0 Å². The second-order valence-corrected chi connectivity index (χ2v) is 8.44. The average molecular weight is 402 g/mol. The molecule has 1 aromatic rings. The molecule has 1 aliphatic heterocycles. The van der Waals surface area contributed by atoms with Crippen molar-refractivity contribution in [1.82, 2.24) is 4.31 Å². The molecule has 1 atom stereocenters. The van der Waals surface area contributed by atoms with Crippen molar-refractivity contribution in [2.45, 2.75) is 30.3 Å². The van der Waals surface area contributed by atoms with Crippen LogP contribution in [0.4, 0.5) is 10.1 Å². The molecule has 118 valence electrons. The van der Waals surface area contributed by atoms with Crippen LogP contribution in [-0.4, -0.2) is 36.5 Å². The molecular weight excluding hydrogens is 387 g/mol. The van der Waals surface area contributed by atoms with Gasteiger partial charge >= 0.3 is 0 Å². The number of hydrogen-bond acceptors (Lipinski definition) is 4. The van der Waals surface area contributed by atoms with Crippen LogP contribution in [0.25, 0.3) is 0 Å². The first-order valence-corrected chi connectivity index (χ1v) is 8.83. The number of hydrogen-bond donors (Lipinski definition) is 2. The number of nitrogen functional groups attached to an aromatic ring is 1. The summed E-state index contributed by atoms with van der Waals surface area (Å²) in [6.07, 6.45) is 0.984. The van der Waals surface area contributed by atoms with Gasteiger partial charge in [0.05, 0.1) is 20.8 Å². The molecule has 0 spiro atoms. The molecule has 3 N–H and O–H groups in total. The number of nitrogens with zero attached hydrogens (tertiary/aromatic N) is 1. The Morgan fingerprint density at radius 2 is 2.19 bits per heavy atom. The predicted molar refractivity (Wildman–Crippen MR) is 82.1 cm³/mol. The Labute approximate surface area is 136 Å². The minimum absolute atomic E-state index is 0.0104. The third-order valence-electron chi connectivity index (χ3n) is 3.41. The number of halogens is 3. The van der Waals surface area contributed by atoms with Gasteiger partial charge in [0.1, 0.15) is 4.90 Å². The summed E-state index contributed by atoms with van der Waals surface area (Å²) >= 11 is 8.87. The largest absolute Gasteiger partial charge is 0.395 e. The van der Waals surface area contributed by atoms with E-state index in [9.17, 15) is 17.9 Å². The van der Waals surface area contributed by atoms with Crippen LogP contribution >= 0.6 is 27.5 Å². The van der Waals surface area contributed by atoms with E-state index in [2.05, 4.69) is 15.9 Å². The van der Waals surface area contributed by atoms with Gasteiger partial charge in [-0.3, -0.25) is 0 Å². The van der Waals surface area contributed by atoms with Crippen molar-refractivity contribution in [2.24, 2.45) is 0 Å². The highest BCUT2D eigenvalue weighted by molar-refractivity contribution is 9.10. The molecule has 5 nitrogen and oxygen atoms in total. The molecule has 0 saturated carbocycles. The standard InChI is InChI=1S/C12H15BrClFN2O3S/c1-12(18)3-2-4-17(6-12)21(19,20)8-5-7(14)9(13)11(16)10(8)15/h5,18H,2-4,6,16H2,1H3. The van der Waals surface area contributed by atoms with Crippen molar-refractivity contribution < 1.29 is 17.9 Å². The summed E-state index contributed by atoms with van der Waals surface area (Å²) in [6.45, 7) is 1.67. The number of benzene rings is 1. The molecule has 1 aromatic carbocycles. The van der Waals surface area contributed by atoms with Crippen molar-refractivity contribution in [2.75, 3.05) is 18.8 Å². The van der Waals surface area contributed by atoms with E-state index in [0.717, 1.165) is 10.4 Å². The van der Waals surface area contributed by atoms with Gasteiger partial charge in [0.15, 0.2) is 5.82 Å². The third-order valence-corrected chi connectivity index (χ3v) is 6.64. The van der Waals surface area contributed by atoms with Gasteiger partial charge in [-0.2, -0.15) is 4.31 Å². The second-order valence-electron chi connectivity index (χ2n) is 5.34. The highest BCUT2D eigenvalue weighted by Crippen LogP contribution is 2.36. The van der Waals surface area contributed by atoms with Gasteiger partial charge in [-0.1, -0.05) is 11.6 Å². The Morgan fingerprint density at radius 1 is 1.57 bits per heavy atom. The molecule has 21 heavy (non-hydrogen) atoms.